The number of H-pyrrole nitrogens is 1. The molecule has 0 radical (unpaired) electrons. The van der Waals surface area contributed by atoms with Gasteiger partial charge in [0.2, 0.25) is 0 Å². The van der Waals surface area contributed by atoms with E-state index in [2.05, 4.69) is 4.98 Å². The van der Waals surface area contributed by atoms with Gasteiger partial charge in [0.05, 0.1) is 23.6 Å². The van der Waals surface area contributed by atoms with Gasteiger partial charge < -0.3 is 4.74 Å². The first kappa shape index (κ1) is 14.2. The van der Waals surface area contributed by atoms with E-state index in [1.54, 1.807) is 55.6 Å². The van der Waals surface area contributed by atoms with Crippen LogP contribution in [0.5, 0.6) is 5.75 Å². The van der Waals surface area contributed by atoms with E-state index >= 15 is 0 Å². The molecule has 5 nitrogen and oxygen atoms in total. The van der Waals surface area contributed by atoms with E-state index in [1.807, 2.05) is 0 Å². The van der Waals surface area contributed by atoms with Crippen molar-refractivity contribution < 1.29 is 4.74 Å². The summed E-state index contributed by atoms with van der Waals surface area (Å²) in [5.41, 5.74) is -0.165. The minimum Gasteiger partial charge on any atom is -0.497 e. The summed E-state index contributed by atoms with van der Waals surface area (Å²) in [6.45, 7) is 0. The van der Waals surface area contributed by atoms with Gasteiger partial charge in [-0.1, -0.05) is 12.1 Å². The number of nitrogens with zero attached hydrogens (tertiary/aromatic N) is 1. The molecule has 0 aliphatic rings. The van der Waals surface area contributed by atoms with Gasteiger partial charge in [0.1, 0.15) is 5.75 Å². The number of nitrogens with one attached hydrogen (secondary N) is 1. The van der Waals surface area contributed by atoms with Crippen LogP contribution in [-0.2, 0) is 0 Å². The van der Waals surface area contributed by atoms with Gasteiger partial charge in [-0.25, -0.2) is 0 Å². The molecule has 6 heteroatoms. The largest absolute Gasteiger partial charge is 0.497 e. The van der Waals surface area contributed by atoms with E-state index in [9.17, 15) is 9.59 Å². The van der Waals surface area contributed by atoms with Gasteiger partial charge in [0.15, 0.2) is 4.77 Å². The molecule has 3 aromatic rings. The van der Waals surface area contributed by atoms with Crippen LogP contribution in [-0.4, -0.2) is 16.7 Å². The fraction of sp³-hybridized carbons (Fsp3) is 0.0625. The third kappa shape index (κ3) is 2.33. The van der Waals surface area contributed by atoms with E-state index in [0.29, 0.717) is 22.2 Å². The molecule has 0 spiro atoms. The Labute approximate surface area is 130 Å². The third-order valence-corrected chi connectivity index (χ3v) is 3.64. The van der Waals surface area contributed by atoms with Crippen LogP contribution in [0.1, 0.15) is 0 Å². The molecule has 0 fully saturated rings. The molecule has 0 atom stereocenters. The third-order valence-electron chi connectivity index (χ3n) is 3.36. The van der Waals surface area contributed by atoms with Gasteiger partial charge in [-0.15, -0.1) is 0 Å². The molecule has 0 saturated carbocycles. The number of aromatic amines is 1. The summed E-state index contributed by atoms with van der Waals surface area (Å²) >= 11 is 5.20. The van der Waals surface area contributed by atoms with Crippen molar-refractivity contribution in [2.75, 3.05) is 7.11 Å². The first-order chi connectivity index (χ1) is 10.6. The zero-order chi connectivity index (χ0) is 15.7. The molecule has 1 N–H and O–H groups in total. The van der Waals surface area contributed by atoms with Crippen molar-refractivity contribution >= 4 is 23.0 Å². The fourth-order valence-electron chi connectivity index (χ4n) is 2.27. The Balaban J connectivity index is 2.44. The molecule has 0 unspecified atom stereocenters. The number of methoxy groups -OCH3 is 1. The van der Waals surface area contributed by atoms with Crippen molar-refractivity contribution in [1.82, 2.24) is 9.55 Å². The van der Waals surface area contributed by atoms with Crippen molar-refractivity contribution in [2.45, 2.75) is 0 Å². The van der Waals surface area contributed by atoms with Crippen LogP contribution in [0.2, 0.25) is 0 Å². The zero-order valence-electron chi connectivity index (χ0n) is 11.7. The van der Waals surface area contributed by atoms with E-state index in [4.69, 9.17) is 17.0 Å². The standard InChI is InChI=1S/C16H12N2O3S/c1-21-11-8-6-10(7-9-11)18-15(20)13-5-3-2-4-12(13)14(19)17-16(18)22/h2-9H,1H3,(H,17,19,22). The van der Waals surface area contributed by atoms with Crippen LogP contribution < -0.4 is 15.9 Å². The van der Waals surface area contributed by atoms with Crippen molar-refractivity contribution in [2.24, 2.45) is 0 Å². The monoisotopic (exact) mass is 312 g/mol. The Bertz CT molecular complexity index is 1020. The summed E-state index contributed by atoms with van der Waals surface area (Å²) in [6, 6.07) is 13.5. The summed E-state index contributed by atoms with van der Waals surface area (Å²) in [4.78, 5) is 27.5. The van der Waals surface area contributed by atoms with Crippen LogP contribution in [0, 0.1) is 4.77 Å². The maximum Gasteiger partial charge on any atom is 0.265 e. The summed E-state index contributed by atoms with van der Waals surface area (Å²) in [6.07, 6.45) is 0. The van der Waals surface area contributed by atoms with Gasteiger partial charge in [0, 0.05) is 0 Å². The molecule has 0 saturated heterocycles. The predicted molar refractivity (Wildman–Crippen MR) is 87.6 cm³/mol. The van der Waals surface area contributed by atoms with Crippen molar-refractivity contribution in [1.29, 1.82) is 0 Å². The number of fused-ring (bicyclic) bond motifs is 1. The highest BCUT2D eigenvalue weighted by Crippen LogP contribution is 2.14. The molecule has 22 heavy (non-hydrogen) atoms. The summed E-state index contributed by atoms with van der Waals surface area (Å²) in [5.74, 6) is 0.668. The van der Waals surface area contributed by atoms with E-state index in [1.165, 1.54) is 4.57 Å². The highest BCUT2D eigenvalue weighted by molar-refractivity contribution is 7.71. The van der Waals surface area contributed by atoms with Gasteiger partial charge in [-0.2, -0.15) is 0 Å². The number of hydrogen-bond donors (Lipinski definition) is 1. The summed E-state index contributed by atoms with van der Waals surface area (Å²) in [5, 5.41) is 0.626. The second-order valence-electron chi connectivity index (χ2n) is 4.64. The molecule has 0 amide bonds. The predicted octanol–water partition coefficient (Wildman–Crippen LogP) is 2.42. The Morgan fingerprint density at radius 1 is 1.00 bits per heavy atom. The van der Waals surface area contributed by atoms with Crippen LogP contribution in [0.3, 0.4) is 0 Å². The van der Waals surface area contributed by atoms with Crippen LogP contribution in [0.4, 0.5) is 0 Å². The molecule has 1 aromatic heterocycles. The highest BCUT2D eigenvalue weighted by atomic mass is 32.1. The average molecular weight is 312 g/mol. The minimum atomic E-state index is -0.384. The maximum atomic E-state index is 12.8. The number of hydrogen-bond acceptors (Lipinski definition) is 4. The molecule has 0 bridgehead atoms. The lowest BCUT2D eigenvalue weighted by molar-refractivity contribution is 0.414. The van der Waals surface area contributed by atoms with Gasteiger partial charge in [-0.3, -0.25) is 19.1 Å². The molecule has 0 aliphatic carbocycles. The normalized spacial score (nSPS) is 10.6. The first-order valence-corrected chi connectivity index (χ1v) is 6.95. The zero-order valence-corrected chi connectivity index (χ0v) is 12.5. The Morgan fingerprint density at radius 2 is 1.64 bits per heavy atom. The van der Waals surface area contributed by atoms with Crippen molar-refractivity contribution in [3.05, 3.63) is 74.0 Å². The van der Waals surface area contributed by atoms with Crippen LogP contribution in [0.15, 0.2) is 58.1 Å². The van der Waals surface area contributed by atoms with Crippen molar-refractivity contribution in [3.63, 3.8) is 0 Å². The van der Waals surface area contributed by atoms with Crippen LogP contribution in [0.25, 0.3) is 16.5 Å². The smallest absolute Gasteiger partial charge is 0.265 e. The Kier molecular flexibility index (Phi) is 3.60. The van der Waals surface area contributed by atoms with Crippen molar-refractivity contribution in [3.8, 4) is 11.4 Å². The number of aromatic nitrogens is 2. The minimum absolute atomic E-state index is 0.0522. The summed E-state index contributed by atoms with van der Waals surface area (Å²) < 4.78 is 6.46. The number of rotatable bonds is 2. The second kappa shape index (κ2) is 5.57. The van der Waals surface area contributed by atoms with E-state index in [-0.39, 0.29) is 15.9 Å². The Hall–Kier alpha value is -2.73. The van der Waals surface area contributed by atoms with E-state index in [0.717, 1.165) is 0 Å². The lowest BCUT2D eigenvalue weighted by Gasteiger charge is -2.04. The average Bonchev–Trinajstić information content (AvgIpc) is 2.63. The lowest BCUT2D eigenvalue weighted by atomic mass is 10.2. The molecular formula is C16H12N2O3S. The number of benzene rings is 2. The lowest BCUT2D eigenvalue weighted by Crippen LogP contribution is -2.16. The SMILES string of the molecule is COc1ccc(-n2c(=S)[nH]c(=O)c3ccccc3c2=O)cc1. The molecule has 1 heterocycles. The van der Waals surface area contributed by atoms with Gasteiger partial charge in [0.25, 0.3) is 11.1 Å². The molecule has 2 aromatic carbocycles. The second-order valence-corrected chi connectivity index (χ2v) is 5.03. The Morgan fingerprint density at radius 3 is 2.27 bits per heavy atom. The first-order valence-electron chi connectivity index (χ1n) is 6.54. The maximum absolute atomic E-state index is 12.8. The van der Waals surface area contributed by atoms with Crippen LogP contribution >= 0.6 is 12.2 Å². The molecule has 0 aliphatic heterocycles. The molecule has 110 valence electrons. The van der Waals surface area contributed by atoms with Gasteiger partial charge in [-0.05, 0) is 48.6 Å². The van der Waals surface area contributed by atoms with Gasteiger partial charge >= 0.3 is 0 Å². The molecule has 3 rings (SSSR count). The van der Waals surface area contributed by atoms with E-state index < -0.39 is 0 Å². The fourth-order valence-corrected chi connectivity index (χ4v) is 2.55. The summed E-state index contributed by atoms with van der Waals surface area (Å²) in [7, 11) is 1.56. The molecular weight excluding hydrogens is 300 g/mol. The highest BCUT2D eigenvalue weighted by Gasteiger charge is 2.07. The topological polar surface area (TPSA) is 64.1 Å². The number of ether oxygens (including phenoxy) is 1. The quantitative estimate of drug-likeness (QED) is 0.738.